The number of sulfonamides is 1. The third-order valence-corrected chi connectivity index (χ3v) is 7.66. The zero-order valence-corrected chi connectivity index (χ0v) is 18.9. The molecule has 0 amide bonds. The van der Waals surface area contributed by atoms with Crippen molar-refractivity contribution in [3.05, 3.63) is 23.9 Å². The highest BCUT2D eigenvalue weighted by Crippen LogP contribution is 2.23. The van der Waals surface area contributed by atoms with E-state index >= 15 is 0 Å². The molecule has 164 valence electrons. The largest absolute Gasteiger partial charge is 0.354 e. The summed E-state index contributed by atoms with van der Waals surface area (Å²) in [5, 5.41) is 0.117. The molecule has 2 aliphatic rings. The van der Waals surface area contributed by atoms with Crippen molar-refractivity contribution in [2.75, 3.05) is 69.2 Å². The lowest BCUT2D eigenvalue weighted by Crippen LogP contribution is -2.49. The molecule has 4 heterocycles. The van der Waals surface area contributed by atoms with E-state index in [1.807, 2.05) is 13.0 Å². The smallest absolute Gasteiger partial charge is 0.262 e. The van der Waals surface area contributed by atoms with Crippen molar-refractivity contribution in [1.29, 1.82) is 0 Å². The molecular formula is C19H30N8O2S. The topological polar surface area (TPSA) is 90.7 Å². The van der Waals surface area contributed by atoms with E-state index in [0.717, 1.165) is 43.6 Å². The summed E-state index contributed by atoms with van der Waals surface area (Å²) in [5.41, 5.74) is 0. The summed E-state index contributed by atoms with van der Waals surface area (Å²) < 4.78 is 29.1. The molecule has 4 rings (SSSR count). The van der Waals surface area contributed by atoms with Gasteiger partial charge in [-0.3, -0.25) is 0 Å². The van der Waals surface area contributed by atoms with Crippen LogP contribution >= 0.6 is 0 Å². The lowest BCUT2D eigenvalue weighted by atomic mass is 10.3. The molecule has 2 aliphatic heterocycles. The van der Waals surface area contributed by atoms with Crippen LogP contribution in [0.3, 0.4) is 0 Å². The molecule has 2 saturated heterocycles. The average Bonchev–Trinajstić information content (AvgIpc) is 3.07. The van der Waals surface area contributed by atoms with Gasteiger partial charge in [-0.2, -0.15) is 4.31 Å². The molecule has 11 heteroatoms. The van der Waals surface area contributed by atoms with Gasteiger partial charge < -0.3 is 19.3 Å². The van der Waals surface area contributed by atoms with Crippen molar-refractivity contribution in [3.63, 3.8) is 0 Å². The summed E-state index contributed by atoms with van der Waals surface area (Å²) in [6, 6.07) is 2.03. The van der Waals surface area contributed by atoms with Crippen LogP contribution in [0.2, 0.25) is 0 Å². The molecule has 0 aromatic carbocycles. The summed E-state index contributed by atoms with van der Waals surface area (Å²) in [5.74, 6) is 3.23. The summed E-state index contributed by atoms with van der Waals surface area (Å²) >= 11 is 0. The fourth-order valence-corrected chi connectivity index (χ4v) is 5.28. The van der Waals surface area contributed by atoms with Gasteiger partial charge in [0.2, 0.25) is 0 Å². The minimum Gasteiger partial charge on any atom is -0.354 e. The predicted octanol–water partition coefficient (Wildman–Crippen LogP) is 0.0896. The lowest BCUT2D eigenvalue weighted by molar-refractivity contribution is 0.312. The Morgan fingerprint density at radius 2 is 1.33 bits per heavy atom. The second kappa shape index (κ2) is 8.12. The Balaban J connectivity index is 1.46. The summed E-state index contributed by atoms with van der Waals surface area (Å²) in [6.45, 7) is 9.62. The predicted molar refractivity (Wildman–Crippen MR) is 115 cm³/mol. The molecular weight excluding hydrogens is 404 g/mol. The van der Waals surface area contributed by atoms with E-state index < -0.39 is 10.0 Å². The van der Waals surface area contributed by atoms with E-state index in [2.05, 4.69) is 36.7 Å². The van der Waals surface area contributed by atoms with Crippen LogP contribution in [0.15, 0.2) is 17.3 Å². The van der Waals surface area contributed by atoms with Crippen molar-refractivity contribution in [2.45, 2.75) is 18.9 Å². The van der Waals surface area contributed by atoms with Gasteiger partial charge in [0.05, 0.1) is 0 Å². The lowest BCUT2D eigenvalue weighted by Gasteiger charge is -2.36. The van der Waals surface area contributed by atoms with Crippen LogP contribution in [0.5, 0.6) is 0 Å². The van der Waals surface area contributed by atoms with Gasteiger partial charge in [0, 0.05) is 71.7 Å². The molecule has 2 fully saturated rings. The maximum atomic E-state index is 12.9. The quantitative estimate of drug-likeness (QED) is 0.669. The third-order valence-electron chi connectivity index (χ3n) is 5.89. The van der Waals surface area contributed by atoms with Gasteiger partial charge in [-0.15, -0.1) is 0 Å². The first-order valence-electron chi connectivity index (χ1n) is 10.3. The first-order valence-corrected chi connectivity index (χ1v) is 11.7. The van der Waals surface area contributed by atoms with Gasteiger partial charge >= 0.3 is 0 Å². The highest BCUT2D eigenvalue weighted by atomic mass is 32.2. The Hall–Kier alpha value is -2.24. The molecule has 0 unspecified atom stereocenters. The third kappa shape index (κ3) is 4.14. The Morgan fingerprint density at radius 1 is 0.800 bits per heavy atom. The number of anilines is 2. The Bertz CT molecular complexity index is 986. The van der Waals surface area contributed by atoms with E-state index in [-0.39, 0.29) is 5.03 Å². The standard InChI is InChI=1S/C19H30N8O2S/c1-15-20-17(25-7-5-23(3)6-8-25)13-18(21-15)26-9-11-27(12-10-26)30(28,29)19-14-24(4)16(2)22-19/h13-14H,5-12H2,1-4H3. The Morgan fingerprint density at radius 3 is 1.83 bits per heavy atom. The minimum atomic E-state index is -3.58. The molecule has 0 aliphatic carbocycles. The van der Waals surface area contributed by atoms with Crippen molar-refractivity contribution >= 4 is 21.7 Å². The van der Waals surface area contributed by atoms with E-state index in [9.17, 15) is 8.42 Å². The fourth-order valence-electron chi connectivity index (χ4n) is 3.84. The van der Waals surface area contributed by atoms with Crippen molar-refractivity contribution in [3.8, 4) is 0 Å². The monoisotopic (exact) mass is 434 g/mol. The number of hydrogen-bond donors (Lipinski definition) is 0. The molecule has 0 atom stereocenters. The molecule has 0 spiro atoms. The summed E-state index contributed by atoms with van der Waals surface area (Å²) in [7, 11) is 0.354. The van der Waals surface area contributed by atoms with E-state index in [1.165, 1.54) is 4.31 Å². The SMILES string of the molecule is Cc1nc(N2CCN(C)CC2)cc(N2CCN(S(=O)(=O)c3cn(C)c(C)n3)CC2)n1. The summed E-state index contributed by atoms with van der Waals surface area (Å²) in [4.78, 5) is 20.2. The van der Waals surface area contributed by atoms with Crippen LogP contribution in [-0.4, -0.2) is 96.5 Å². The minimum absolute atomic E-state index is 0.117. The zero-order chi connectivity index (χ0) is 21.5. The van der Waals surface area contributed by atoms with E-state index in [4.69, 9.17) is 0 Å². The van der Waals surface area contributed by atoms with Crippen molar-refractivity contribution in [1.82, 2.24) is 28.7 Å². The van der Waals surface area contributed by atoms with Crippen molar-refractivity contribution < 1.29 is 8.42 Å². The van der Waals surface area contributed by atoms with Crippen LogP contribution in [0.25, 0.3) is 0 Å². The van der Waals surface area contributed by atoms with Crippen LogP contribution in [0.1, 0.15) is 11.6 Å². The molecule has 30 heavy (non-hydrogen) atoms. The average molecular weight is 435 g/mol. The molecule has 2 aromatic heterocycles. The zero-order valence-electron chi connectivity index (χ0n) is 18.1. The van der Waals surface area contributed by atoms with Crippen LogP contribution in [0.4, 0.5) is 11.6 Å². The van der Waals surface area contributed by atoms with Gasteiger partial charge in [-0.1, -0.05) is 0 Å². The first kappa shape index (κ1) is 21.0. The molecule has 0 N–H and O–H groups in total. The molecule has 0 radical (unpaired) electrons. The van der Waals surface area contributed by atoms with Gasteiger partial charge in [0.1, 0.15) is 23.3 Å². The molecule has 2 aromatic rings. The second-order valence-electron chi connectivity index (χ2n) is 8.05. The number of imidazole rings is 1. The van der Waals surface area contributed by atoms with Crippen LogP contribution in [-0.2, 0) is 17.1 Å². The number of hydrogen-bond acceptors (Lipinski definition) is 8. The van der Waals surface area contributed by atoms with Gasteiger partial charge in [0.15, 0.2) is 5.03 Å². The summed E-state index contributed by atoms with van der Waals surface area (Å²) in [6.07, 6.45) is 1.58. The van der Waals surface area contributed by atoms with Crippen LogP contribution in [0, 0.1) is 13.8 Å². The van der Waals surface area contributed by atoms with Gasteiger partial charge in [-0.25, -0.2) is 23.4 Å². The van der Waals surface area contributed by atoms with E-state index in [0.29, 0.717) is 32.0 Å². The molecule has 10 nitrogen and oxygen atoms in total. The van der Waals surface area contributed by atoms with E-state index in [1.54, 1.807) is 24.7 Å². The number of aryl methyl sites for hydroxylation is 3. The molecule has 0 saturated carbocycles. The fraction of sp³-hybridized carbons (Fsp3) is 0.632. The normalized spacial score (nSPS) is 19.5. The van der Waals surface area contributed by atoms with Gasteiger partial charge in [0.25, 0.3) is 10.0 Å². The number of piperazine rings is 2. The molecule has 0 bridgehead atoms. The Kier molecular flexibility index (Phi) is 5.69. The number of nitrogens with zero attached hydrogens (tertiary/aromatic N) is 8. The number of likely N-dealkylation sites (N-methyl/N-ethyl adjacent to an activating group) is 1. The van der Waals surface area contributed by atoms with Gasteiger partial charge in [-0.05, 0) is 20.9 Å². The highest BCUT2D eigenvalue weighted by Gasteiger charge is 2.31. The Labute approximate surface area is 178 Å². The maximum Gasteiger partial charge on any atom is 0.262 e. The second-order valence-corrected chi connectivity index (χ2v) is 9.94. The number of rotatable bonds is 4. The number of aromatic nitrogens is 4. The van der Waals surface area contributed by atoms with Crippen LogP contribution < -0.4 is 9.80 Å². The van der Waals surface area contributed by atoms with Crippen molar-refractivity contribution in [2.24, 2.45) is 7.05 Å². The maximum absolute atomic E-state index is 12.9. The highest BCUT2D eigenvalue weighted by molar-refractivity contribution is 7.89. The first-order chi connectivity index (χ1) is 14.2.